The van der Waals surface area contributed by atoms with Gasteiger partial charge >= 0.3 is 0 Å². The number of H-pyrrole nitrogens is 1. The van der Waals surface area contributed by atoms with Crippen LogP contribution in [0.25, 0.3) is 114 Å². The normalized spacial score (nSPS) is 13.4. The molecule has 0 saturated carbocycles. The quantitative estimate of drug-likeness (QED) is 0.0772. The zero-order valence-electron chi connectivity index (χ0n) is 39.8. The summed E-state index contributed by atoms with van der Waals surface area (Å²) in [5.41, 5.74) is 14.0. The van der Waals surface area contributed by atoms with E-state index < -0.39 is 0 Å². The predicted molar refractivity (Wildman–Crippen MR) is 311 cm³/mol. The molecular weight excluding hydrogens is 1000 g/mol. The van der Waals surface area contributed by atoms with Gasteiger partial charge in [0.25, 0.3) is 0 Å². The summed E-state index contributed by atoms with van der Waals surface area (Å²) in [5, 5.41) is 0. The van der Waals surface area contributed by atoms with Crippen LogP contribution in [-0.4, -0.2) is 27.0 Å². The fraction of sp³-hybridized carbons (Fsp3) is 0.382. The summed E-state index contributed by atoms with van der Waals surface area (Å²) < 4.78 is 30.6. The molecule has 12 rings (SSSR count). The van der Waals surface area contributed by atoms with Gasteiger partial charge in [-0.15, -0.1) is 68.0 Å². The maximum atomic E-state index is 4.97. The van der Waals surface area contributed by atoms with Gasteiger partial charge in [0.05, 0.1) is 64.3 Å². The molecule has 0 amide bonds. The monoisotopic (exact) mass is 1060 g/mol. The van der Waals surface area contributed by atoms with Crippen LogP contribution >= 0.6 is 91.5 Å². The number of unbranched alkanes of at least 4 members (excludes halogenated alkanes) is 5. The first-order chi connectivity index (χ1) is 33.9. The molecule has 2 unspecified atom stereocenters. The summed E-state index contributed by atoms with van der Waals surface area (Å²) in [6, 6.07) is 23.6. The Bertz CT molecular complexity index is 3720. The third-order valence-electron chi connectivity index (χ3n) is 14.2. The van der Waals surface area contributed by atoms with Gasteiger partial charge < -0.3 is 9.55 Å². The molecule has 12 aromatic rings. The summed E-state index contributed by atoms with van der Waals surface area (Å²) in [6.45, 7) is 12.8. The SMILES string of the molecule is CCCCCCn1c2cc(CC(C)CCCC)sc2c2sc(-c3ccc(-c4cc5sc(-c6ccc(-c7cc8[nH]c9cc(CC(CC)CCCC)sc9c8s7)c7nsnc67)cc5s4)c4nsnc34)cc21. The zero-order chi connectivity index (χ0) is 46.8. The number of aromatic nitrogens is 6. The number of rotatable bonds is 20. The molecule has 1 N–H and O–H groups in total. The number of aromatic amines is 1. The van der Waals surface area contributed by atoms with E-state index in [2.05, 4.69) is 105 Å². The standard InChI is InChI=1S/C55H56N6S8/c1-6-10-13-14-21-61-40-25-32(22-30(5)15-11-7-2)63-54(40)55-41(61)27-43(67-55)35-18-20-37(51-49(35)58-69-60-51)45-29-47-46(65-45)28-44(64-47)36-19-17-34(48-50(36)59-68-57-48)42-26-39-53(66-42)52-38(56-39)24-33(62-52)23-31(9-4)16-12-8-3/h17-20,24-31,56H,6-16,21-23H2,1-5H3. The first-order valence-electron chi connectivity index (χ1n) is 25.0. The summed E-state index contributed by atoms with van der Waals surface area (Å²) in [7, 11) is 0. The molecular formula is C55H56N6S8. The molecule has 0 aliphatic rings. The van der Waals surface area contributed by atoms with Gasteiger partial charge in [-0.3, -0.25) is 0 Å². The lowest BCUT2D eigenvalue weighted by atomic mass is 9.95. The molecule has 2 atom stereocenters. The molecule has 10 aromatic heterocycles. The molecule has 0 radical (unpaired) electrons. The van der Waals surface area contributed by atoms with Crippen LogP contribution in [0.3, 0.4) is 0 Å². The number of hydrogen-bond acceptors (Lipinski definition) is 12. The Balaban J connectivity index is 0.822. The average molecular weight is 1060 g/mol. The van der Waals surface area contributed by atoms with Crippen molar-refractivity contribution in [3.8, 4) is 41.8 Å². The number of aryl methyl sites for hydroxylation is 1. The minimum Gasteiger partial charge on any atom is -0.353 e. The topological polar surface area (TPSA) is 72.3 Å². The van der Waals surface area contributed by atoms with Gasteiger partial charge in [0.2, 0.25) is 0 Å². The van der Waals surface area contributed by atoms with E-state index >= 15 is 0 Å². The molecule has 69 heavy (non-hydrogen) atoms. The highest BCUT2D eigenvalue weighted by atomic mass is 32.1. The largest absolute Gasteiger partial charge is 0.353 e. The van der Waals surface area contributed by atoms with Crippen molar-refractivity contribution in [1.29, 1.82) is 0 Å². The minimum atomic E-state index is 0.717. The van der Waals surface area contributed by atoms with Crippen LogP contribution in [0.4, 0.5) is 0 Å². The van der Waals surface area contributed by atoms with E-state index in [0.29, 0.717) is 0 Å². The van der Waals surface area contributed by atoms with Crippen molar-refractivity contribution in [2.75, 3.05) is 0 Å². The average Bonchev–Trinajstić information content (AvgIpc) is 4.19. The molecule has 0 aliphatic carbocycles. The molecule has 0 saturated heterocycles. The first-order valence-corrected chi connectivity index (χ1v) is 31.4. The first kappa shape index (κ1) is 46.2. The van der Waals surface area contributed by atoms with E-state index in [1.54, 1.807) is 0 Å². The number of benzene rings is 2. The van der Waals surface area contributed by atoms with Crippen molar-refractivity contribution in [3.05, 3.63) is 70.4 Å². The van der Waals surface area contributed by atoms with Crippen molar-refractivity contribution in [2.45, 2.75) is 125 Å². The molecule has 2 aromatic carbocycles. The van der Waals surface area contributed by atoms with E-state index in [0.717, 1.165) is 57.1 Å². The van der Waals surface area contributed by atoms with E-state index in [4.69, 9.17) is 17.5 Å². The number of hydrogen-bond donors (Lipinski definition) is 1. The lowest BCUT2D eigenvalue weighted by Crippen LogP contribution is -2.01. The Morgan fingerprint density at radius 2 is 1.00 bits per heavy atom. The fourth-order valence-corrected chi connectivity index (χ4v) is 19.2. The third kappa shape index (κ3) is 8.56. The Hall–Kier alpha value is -3.86. The van der Waals surface area contributed by atoms with Crippen LogP contribution in [0.5, 0.6) is 0 Å². The molecule has 0 spiro atoms. The second-order valence-electron chi connectivity index (χ2n) is 19.2. The Morgan fingerprint density at radius 1 is 0.493 bits per heavy atom. The van der Waals surface area contributed by atoms with Crippen LogP contribution in [0.15, 0.2) is 60.7 Å². The molecule has 10 heterocycles. The number of nitrogens with one attached hydrogen (secondary N) is 1. The smallest absolute Gasteiger partial charge is 0.114 e. The van der Waals surface area contributed by atoms with Crippen molar-refractivity contribution in [1.82, 2.24) is 27.0 Å². The fourth-order valence-electron chi connectivity index (χ4n) is 10.4. The van der Waals surface area contributed by atoms with Gasteiger partial charge in [-0.25, -0.2) is 0 Å². The maximum absolute atomic E-state index is 4.97. The highest BCUT2D eigenvalue weighted by Gasteiger charge is 2.24. The van der Waals surface area contributed by atoms with Gasteiger partial charge in [-0.1, -0.05) is 123 Å². The molecule has 0 fully saturated rings. The van der Waals surface area contributed by atoms with Crippen LogP contribution in [0.1, 0.15) is 115 Å². The number of fused-ring (bicyclic) bond motifs is 9. The highest BCUT2D eigenvalue weighted by molar-refractivity contribution is 7.31. The molecule has 6 nitrogen and oxygen atoms in total. The van der Waals surface area contributed by atoms with E-state index in [-0.39, 0.29) is 0 Å². The summed E-state index contributed by atoms with van der Waals surface area (Å²) in [6.07, 6.45) is 16.5. The summed E-state index contributed by atoms with van der Waals surface area (Å²) in [5.74, 6) is 1.49. The minimum absolute atomic E-state index is 0.717. The van der Waals surface area contributed by atoms with Gasteiger partial charge in [0.15, 0.2) is 0 Å². The number of nitrogens with zero attached hydrogens (tertiary/aromatic N) is 5. The Morgan fingerprint density at radius 3 is 1.62 bits per heavy atom. The summed E-state index contributed by atoms with van der Waals surface area (Å²) >= 11 is 14.2. The van der Waals surface area contributed by atoms with E-state index in [9.17, 15) is 0 Å². The number of thiophene rings is 6. The van der Waals surface area contributed by atoms with Gasteiger partial charge in [-0.05, 0) is 67.5 Å². The van der Waals surface area contributed by atoms with Gasteiger partial charge in [0.1, 0.15) is 22.1 Å². The lowest BCUT2D eigenvalue weighted by Gasteiger charge is -2.12. The van der Waals surface area contributed by atoms with Crippen molar-refractivity contribution >= 4 is 164 Å². The Kier molecular flexibility index (Phi) is 13.1. The Labute approximate surface area is 435 Å². The summed E-state index contributed by atoms with van der Waals surface area (Å²) in [4.78, 5) is 11.8. The zero-order valence-corrected chi connectivity index (χ0v) is 46.4. The molecule has 14 heteroatoms. The highest BCUT2D eigenvalue weighted by Crippen LogP contribution is 2.50. The van der Waals surface area contributed by atoms with Crippen molar-refractivity contribution in [2.24, 2.45) is 11.8 Å². The van der Waals surface area contributed by atoms with Crippen molar-refractivity contribution in [3.63, 3.8) is 0 Å². The molecule has 354 valence electrons. The predicted octanol–water partition coefficient (Wildman–Crippen LogP) is 20.3. The lowest BCUT2D eigenvalue weighted by molar-refractivity contribution is 0.452. The van der Waals surface area contributed by atoms with Gasteiger partial charge in [0, 0.05) is 67.5 Å². The van der Waals surface area contributed by atoms with Gasteiger partial charge in [-0.2, -0.15) is 17.5 Å². The van der Waals surface area contributed by atoms with E-state index in [1.165, 1.54) is 192 Å². The van der Waals surface area contributed by atoms with Crippen molar-refractivity contribution < 1.29 is 0 Å². The van der Waals surface area contributed by atoms with Crippen LogP contribution < -0.4 is 0 Å². The maximum Gasteiger partial charge on any atom is 0.114 e. The second kappa shape index (κ2) is 19.6. The molecule has 0 aliphatic heterocycles. The third-order valence-corrected chi connectivity index (χ3v) is 22.6. The van der Waals surface area contributed by atoms with Crippen LogP contribution in [0.2, 0.25) is 0 Å². The van der Waals surface area contributed by atoms with Crippen LogP contribution in [-0.2, 0) is 19.4 Å². The second-order valence-corrected chi connectivity index (χ2v) is 26.8. The van der Waals surface area contributed by atoms with E-state index in [1.807, 2.05) is 68.0 Å². The van der Waals surface area contributed by atoms with Crippen LogP contribution in [0, 0.1) is 11.8 Å². The molecule has 0 bridgehead atoms.